The van der Waals surface area contributed by atoms with Crippen LogP contribution in [0.2, 0.25) is 0 Å². The number of fused-ring (bicyclic) bond motifs is 1. The normalized spacial score (nSPS) is 11.1. The molecule has 2 rings (SSSR count). The summed E-state index contributed by atoms with van der Waals surface area (Å²) in [5, 5.41) is 2.88. The Balaban J connectivity index is 2.62. The molecule has 0 unspecified atom stereocenters. The molecule has 0 atom stereocenters. The fourth-order valence-corrected chi connectivity index (χ4v) is 2.04. The molecule has 0 aliphatic heterocycles. The highest BCUT2D eigenvalue weighted by Crippen LogP contribution is 2.12. The molecule has 0 aliphatic carbocycles. The van der Waals surface area contributed by atoms with E-state index in [4.69, 9.17) is 4.74 Å². The van der Waals surface area contributed by atoms with E-state index >= 15 is 0 Å². The van der Waals surface area contributed by atoms with Crippen molar-refractivity contribution < 1.29 is 4.74 Å². The van der Waals surface area contributed by atoms with Crippen molar-refractivity contribution in [1.82, 2.24) is 19.1 Å². The van der Waals surface area contributed by atoms with Crippen LogP contribution >= 0.6 is 0 Å². The molecule has 2 aromatic heterocycles. The maximum Gasteiger partial charge on any atom is 0.330 e. The Morgan fingerprint density at radius 3 is 2.79 bits per heavy atom. The number of imidazole rings is 1. The van der Waals surface area contributed by atoms with Crippen molar-refractivity contribution in [2.75, 3.05) is 26.1 Å². The first-order valence-electron chi connectivity index (χ1n) is 5.96. The molecule has 2 heterocycles. The molecule has 0 saturated heterocycles. The Kier molecular flexibility index (Phi) is 3.70. The highest BCUT2D eigenvalue weighted by molar-refractivity contribution is 5.73. The smallest absolute Gasteiger partial charge is 0.330 e. The lowest BCUT2D eigenvalue weighted by molar-refractivity contribution is 0.190. The molecule has 0 bridgehead atoms. The van der Waals surface area contributed by atoms with Gasteiger partial charge in [-0.3, -0.25) is 14.3 Å². The van der Waals surface area contributed by atoms with E-state index in [1.807, 2.05) is 0 Å². The average molecular weight is 267 g/mol. The van der Waals surface area contributed by atoms with Gasteiger partial charge in [0.25, 0.3) is 5.56 Å². The van der Waals surface area contributed by atoms with Gasteiger partial charge in [0.05, 0.1) is 0 Å². The predicted octanol–water partition coefficient (Wildman–Crippen LogP) is -0.498. The molecule has 0 fully saturated rings. The summed E-state index contributed by atoms with van der Waals surface area (Å²) in [5.41, 5.74) is -0.119. The number of H-pyrrole nitrogens is 1. The molecule has 2 N–H and O–H groups in total. The fraction of sp³-hybridized carbons (Fsp3) is 0.545. The highest BCUT2D eigenvalue weighted by Gasteiger charge is 2.15. The van der Waals surface area contributed by atoms with Crippen LogP contribution in [-0.2, 0) is 18.3 Å². The van der Waals surface area contributed by atoms with Gasteiger partial charge in [0.2, 0.25) is 5.95 Å². The van der Waals surface area contributed by atoms with Crippen LogP contribution in [0.25, 0.3) is 11.2 Å². The summed E-state index contributed by atoms with van der Waals surface area (Å²) in [6.45, 7) is 0.985. The SMILES string of the molecule is CNc1nc2c(c(=O)[nH]c(=O)n2CCCOC)n1C. The van der Waals surface area contributed by atoms with Gasteiger partial charge < -0.3 is 14.6 Å². The van der Waals surface area contributed by atoms with Gasteiger partial charge in [-0.25, -0.2) is 4.79 Å². The van der Waals surface area contributed by atoms with Gasteiger partial charge in [-0.15, -0.1) is 0 Å². The van der Waals surface area contributed by atoms with Gasteiger partial charge in [-0.2, -0.15) is 4.98 Å². The second-order valence-electron chi connectivity index (χ2n) is 4.17. The van der Waals surface area contributed by atoms with Crippen molar-refractivity contribution >= 4 is 17.1 Å². The van der Waals surface area contributed by atoms with Crippen LogP contribution in [0.3, 0.4) is 0 Å². The molecule has 0 amide bonds. The summed E-state index contributed by atoms with van der Waals surface area (Å²) in [6.07, 6.45) is 0.670. The van der Waals surface area contributed by atoms with E-state index in [2.05, 4.69) is 15.3 Å². The van der Waals surface area contributed by atoms with E-state index in [1.54, 1.807) is 25.8 Å². The Labute approximate surface area is 109 Å². The average Bonchev–Trinajstić information content (AvgIpc) is 2.71. The van der Waals surface area contributed by atoms with Crippen molar-refractivity contribution in [3.63, 3.8) is 0 Å². The van der Waals surface area contributed by atoms with Crippen LogP contribution in [0, 0.1) is 0 Å². The van der Waals surface area contributed by atoms with Crippen LogP contribution < -0.4 is 16.6 Å². The number of rotatable bonds is 5. The minimum atomic E-state index is -0.450. The Morgan fingerprint density at radius 2 is 2.16 bits per heavy atom. The van der Waals surface area contributed by atoms with Crippen molar-refractivity contribution in [2.24, 2.45) is 7.05 Å². The first kappa shape index (κ1) is 13.3. The zero-order chi connectivity index (χ0) is 14.0. The molecule has 0 spiro atoms. The minimum Gasteiger partial charge on any atom is -0.385 e. The lowest BCUT2D eigenvalue weighted by Gasteiger charge is -2.05. The van der Waals surface area contributed by atoms with Crippen LogP contribution in [0.4, 0.5) is 5.95 Å². The van der Waals surface area contributed by atoms with E-state index in [0.29, 0.717) is 36.7 Å². The molecule has 19 heavy (non-hydrogen) atoms. The van der Waals surface area contributed by atoms with Gasteiger partial charge in [-0.05, 0) is 6.42 Å². The highest BCUT2D eigenvalue weighted by atomic mass is 16.5. The number of nitrogens with one attached hydrogen (secondary N) is 2. The third-order valence-corrected chi connectivity index (χ3v) is 2.97. The number of aromatic nitrogens is 4. The number of aryl methyl sites for hydroxylation is 2. The molecule has 0 radical (unpaired) electrons. The third kappa shape index (κ3) is 2.26. The molecule has 0 saturated carbocycles. The van der Waals surface area contributed by atoms with Crippen molar-refractivity contribution in [3.05, 3.63) is 20.8 Å². The molecule has 2 aromatic rings. The van der Waals surface area contributed by atoms with Crippen LogP contribution in [0.15, 0.2) is 9.59 Å². The summed E-state index contributed by atoms with van der Waals surface area (Å²) < 4.78 is 8.04. The van der Waals surface area contributed by atoms with E-state index in [-0.39, 0.29) is 0 Å². The van der Waals surface area contributed by atoms with Crippen LogP contribution in [0.5, 0.6) is 0 Å². The number of ether oxygens (including phenoxy) is 1. The van der Waals surface area contributed by atoms with Crippen molar-refractivity contribution in [3.8, 4) is 0 Å². The second-order valence-corrected chi connectivity index (χ2v) is 4.17. The molecule has 104 valence electrons. The van der Waals surface area contributed by atoms with E-state index in [0.717, 1.165) is 0 Å². The zero-order valence-electron chi connectivity index (χ0n) is 11.2. The monoisotopic (exact) mass is 267 g/mol. The number of aromatic amines is 1. The van der Waals surface area contributed by atoms with E-state index in [9.17, 15) is 9.59 Å². The largest absolute Gasteiger partial charge is 0.385 e. The summed E-state index contributed by atoms with van der Waals surface area (Å²) in [6, 6.07) is 0. The quantitative estimate of drug-likeness (QED) is 0.712. The maximum absolute atomic E-state index is 11.9. The standard InChI is InChI=1S/C11H17N5O3/c1-12-10-13-8-7(15(10)2)9(17)14-11(18)16(8)5-4-6-19-3/h4-6H2,1-3H3,(H,12,13)(H,14,17,18). The minimum absolute atomic E-state index is 0.376. The number of nitrogens with zero attached hydrogens (tertiary/aromatic N) is 3. The van der Waals surface area contributed by atoms with Crippen LogP contribution in [0.1, 0.15) is 6.42 Å². The van der Waals surface area contributed by atoms with Crippen molar-refractivity contribution in [2.45, 2.75) is 13.0 Å². The first-order chi connectivity index (χ1) is 9.10. The second kappa shape index (κ2) is 5.27. The third-order valence-electron chi connectivity index (χ3n) is 2.97. The Morgan fingerprint density at radius 1 is 1.42 bits per heavy atom. The summed E-state index contributed by atoms with van der Waals surface area (Å²) >= 11 is 0. The van der Waals surface area contributed by atoms with Gasteiger partial charge in [0.1, 0.15) is 0 Å². The molecule has 8 heteroatoms. The van der Waals surface area contributed by atoms with Crippen molar-refractivity contribution in [1.29, 1.82) is 0 Å². The fourth-order valence-electron chi connectivity index (χ4n) is 2.04. The molecule has 0 aromatic carbocycles. The lowest BCUT2D eigenvalue weighted by Crippen LogP contribution is -2.31. The molecule has 0 aliphatic rings. The number of methoxy groups -OCH3 is 1. The Hall–Kier alpha value is -2.09. The zero-order valence-corrected chi connectivity index (χ0v) is 11.2. The number of hydrogen-bond donors (Lipinski definition) is 2. The van der Waals surface area contributed by atoms with Crippen LogP contribution in [-0.4, -0.2) is 39.9 Å². The summed E-state index contributed by atoms with van der Waals surface area (Å²) in [4.78, 5) is 30.3. The van der Waals surface area contributed by atoms with Gasteiger partial charge in [0, 0.05) is 34.4 Å². The predicted molar refractivity (Wildman–Crippen MR) is 71.6 cm³/mol. The first-order valence-corrected chi connectivity index (χ1v) is 5.96. The van der Waals surface area contributed by atoms with Gasteiger partial charge in [0.15, 0.2) is 11.2 Å². The molecular formula is C11H17N5O3. The lowest BCUT2D eigenvalue weighted by atomic mass is 10.4. The molecule has 8 nitrogen and oxygen atoms in total. The Bertz CT molecular complexity index is 697. The topological polar surface area (TPSA) is 93.9 Å². The number of anilines is 1. The van der Waals surface area contributed by atoms with E-state index < -0.39 is 11.2 Å². The van der Waals surface area contributed by atoms with Gasteiger partial charge >= 0.3 is 5.69 Å². The van der Waals surface area contributed by atoms with E-state index in [1.165, 1.54) is 4.57 Å². The number of hydrogen-bond acceptors (Lipinski definition) is 5. The van der Waals surface area contributed by atoms with Gasteiger partial charge in [-0.1, -0.05) is 0 Å². The molecular weight excluding hydrogens is 250 g/mol. The summed E-state index contributed by atoms with van der Waals surface area (Å²) in [5.74, 6) is 0.534. The summed E-state index contributed by atoms with van der Waals surface area (Å²) in [7, 11) is 5.04. The maximum atomic E-state index is 11.9.